The summed E-state index contributed by atoms with van der Waals surface area (Å²) in [5, 5.41) is 0. The van der Waals surface area contributed by atoms with Gasteiger partial charge in [0.15, 0.2) is 0 Å². The molecular formula is C16H24O2. The fourth-order valence-electron chi connectivity index (χ4n) is 1.92. The van der Waals surface area contributed by atoms with Crippen LogP contribution >= 0.6 is 0 Å². The summed E-state index contributed by atoms with van der Waals surface area (Å²) in [4.78, 5) is 0. The molecule has 0 radical (unpaired) electrons. The molecule has 0 aromatic heterocycles. The smallest absolute Gasteiger partial charge is 0.205 e. The van der Waals surface area contributed by atoms with Crippen LogP contribution in [-0.2, 0) is 4.74 Å². The van der Waals surface area contributed by atoms with Crippen molar-refractivity contribution in [3.05, 3.63) is 35.9 Å². The molecule has 1 aromatic rings. The van der Waals surface area contributed by atoms with Gasteiger partial charge >= 0.3 is 0 Å². The maximum atomic E-state index is 5.91. The molecule has 0 atom stereocenters. The predicted molar refractivity (Wildman–Crippen MR) is 76.7 cm³/mol. The van der Waals surface area contributed by atoms with Gasteiger partial charge in [-0.2, -0.15) is 0 Å². The van der Waals surface area contributed by atoms with E-state index in [1.54, 1.807) is 0 Å². The number of allylic oxidation sites excluding steroid dienone is 1. The van der Waals surface area contributed by atoms with Gasteiger partial charge in [-0.15, -0.1) is 0 Å². The number of rotatable bonds is 4. The van der Waals surface area contributed by atoms with Gasteiger partial charge in [-0.25, -0.2) is 0 Å². The molecule has 0 heterocycles. The van der Waals surface area contributed by atoms with Crippen molar-refractivity contribution in [2.24, 2.45) is 0 Å². The van der Waals surface area contributed by atoms with Crippen LogP contribution in [0, 0.1) is 0 Å². The van der Waals surface area contributed by atoms with Gasteiger partial charge < -0.3 is 9.47 Å². The molecule has 0 N–H and O–H groups in total. The van der Waals surface area contributed by atoms with Crippen LogP contribution in [0.4, 0.5) is 0 Å². The van der Waals surface area contributed by atoms with Crippen molar-refractivity contribution in [2.75, 3.05) is 0 Å². The molecule has 0 bridgehead atoms. The Morgan fingerprint density at radius 1 is 1.06 bits per heavy atom. The van der Waals surface area contributed by atoms with Crippen molar-refractivity contribution in [2.45, 2.75) is 52.9 Å². The summed E-state index contributed by atoms with van der Waals surface area (Å²) < 4.78 is 11.8. The number of benzene rings is 1. The Kier molecular flexibility index (Phi) is 4.58. The van der Waals surface area contributed by atoms with Gasteiger partial charge in [0.25, 0.3) is 0 Å². The largest absolute Gasteiger partial charge is 0.463 e. The first-order chi connectivity index (χ1) is 8.22. The molecule has 100 valence electrons. The molecule has 18 heavy (non-hydrogen) atoms. The van der Waals surface area contributed by atoms with E-state index in [1.807, 2.05) is 78.0 Å². The maximum Gasteiger partial charge on any atom is 0.205 e. The van der Waals surface area contributed by atoms with E-state index in [0.29, 0.717) is 0 Å². The molecule has 0 fully saturated rings. The van der Waals surface area contributed by atoms with E-state index >= 15 is 0 Å². The van der Waals surface area contributed by atoms with Crippen molar-refractivity contribution in [1.29, 1.82) is 0 Å². The highest BCUT2D eigenvalue weighted by Crippen LogP contribution is 2.25. The second-order valence-corrected chi connectivity index (χ2v) is 5.79. The normalized spacial score (nSPS) is 13.0. The third-order valence-electron chi connectivity index (χ3n) is 2.13. The summed E-state index contributed by atoms with van der Waals surface area (Å²) in [6.45, 7) is 11.9. The van der Waals surface area contributed by atoms with E-state index in [-0.39, 0.29) is 5.60 Å². The fourth-order valence-corrected chi connectivity index (χ4v) is 1.92. The summed E-state index contributed by atoms with van der Waals surface area (Å²) in [5.74, 6) is 0.173. The molecule has 0 aliphatic rings. The molecule has 0 aliphatic carbocycles. The minimum Gasteiger partial charge on any atom is -0.463 e. The van der Waals surface area contributed by atoms with Crippen molar-refractivity contribution in [3.63, 3.8) is 0 Å². The molecule has 0 unspecified atom stereocenters. The minimum absolute atomic E-state index is 0.232. The Labute approximate surface area is 111 Å². The zero-order valence-electron chi connectivity index (χ0n) is 12.3. The highest BCUT2D eigenvalue weighted by molar-refractivity contribution is 5.51. The summed E-state index contributed by atoms with van der Waals surface area (Å²) in [5.41, 5.74) is 0.895. The highest BCUT2D eigenvalue weighted by Gasteiger charge is 2.27. The van der Waals surface area contributed by atoms with Gasteiger partial charge in [-0.3, -0.25) is 0 Å². The lowest BCUT2D eigenvalue weighted by Gasteiger charge is -2.33. The lowest BCUT2D eigenvalue weighted by molar-refractivity contribution is -0.213. The summed E-state index contributed by atoms with van der Waals surface area (Å²) in [6.07, 6.45) is 4.06. The molecule has 0 saturated heterocycles. The van der Waals surface area contributed by atoms with Crippen molar-refractivity contribution >= 4 is 6.08 Å². The molecule has 0 amide bonds. The van der Waals surface area contributed by atoms with Crippen LogP contribution in [0.3, 0.4) is 0 Å². The van der Waals surface area contributed by atoms with Crippen LogP contribution in [0.2, 0.25) is 0 Å². The molecule has 1 aromatic carbocycles. The Hall–Kier alpha value is -1.28. The van der Waals surface area contributed by atoms with Crippen LogP contribution in [0.25, 0.3) is 6.08 Å². The third-order valence-corrected chi connectivity index (χ3v) is 2.13. The monoisotopic (exact) mass is 248 g/mol. The van der Waals surface area contributed by atoms with Crippen LogP contribution in [0.15, 0.2) is 30.3 Å². The van der Waals surface area contributed by atoms with E-state index in [9.17, 15) is 0 Å². The topological polar surface area (TPSA) is 18.5 Å². The van der Waals surface area contributed by atoms with E-state index in [2.05, 4.69) is 0 Å². The second-order valence-electron chi connectivity index (χ2n) is 5.79. The quantitative estimate of drug-likeness (QED) is 0.722. The molecule has 0 spiro atoms. The summed E-state index contributed by atoms with van der Waals surface area (Å²) in [7, 11) is 0. The van der Waals surface area contributed by atoms with E-state index in [1.165, 1.54) is 0 Å². The average molecular weight is 248 g/mol. The Morgan fingerprint density at radius 2 is 1.72 bits per heavy atom. The molecule has 0 saturated carbocycles. The van der Waals surface area contributed by atoms with Gasteiger partial charge in [-0.05, 0) is 45.4 Å². The fraction of sp³-hybridized carbons (Fsp3) is 0.500. The summed E-state index contributed by atoms with van der Waals surface area (Å²) in [6, 6.07) is 7.98. The summed E-state index contributed by atoms with van der Waals surface area (Å²) >= 11 is 0. The standard InChI is InChI=1S/C16H24O2/c1-7-9-13-10-8-11-14(12-13)17-16(5,6)18-15(2,3)4/h7-12H,1-6H3. The maximum absolute atomic E-state index is 5.91. The Bertz CT molecular complexity index is 411. The zero-order valence-corrected chi connectivity index (χ0v) is 12.3. The molecule has 1 rings (SSSR count). The molecule has 2 nitrogen and oxygen atoms in total. The average Bonchev–Trinajstić information content (AvgIpc) is 2.13. The van der Waals surface area contributed by atoms with Gasteiger partial charge in [0, 0.05) is 13.8 Å². The van der Waals surface area contributed by atoms with Gasteiger partial charge in [-0.1, -0.05) is 24.3 Å². The van der Waals surface area contributed by atoms with Crippen LogP contribution in [0.5, 0.6) is 5.75 Å². The van der Waals surface area contributed by atoms with Crippen molar-refractivity contribution < 1.29 is 9.47 Å². The second kappa shape index (κ2) is 5.57. The number of hydrogen-bond donors (Lipinski definition) is 0. The highest BCUT2D eigenvalue weighted by atomic mass is 16.7. The van der Waals surface area contributed by atoms with Crippen LogP contribution in [0.1, 0.15) is 47.1 Å². The van der Waals surface area contributed by atoms with Gasteiger partial charge in [0.1, 0.15) is 5.75 Å². The van der Waals surface area contributed by atoms with E-state index < -0.39 is 5.79 Å². The van der Waals surface area contributed by atoms with Crippen molar-refractivity contribution in [1.82, 2.24) is 0 Å². The lowest BCUT2D eigenvalue weighted by atomic mass is 10.1. The number of ether oxygens (including phenoxy) is 2. The number of hydrogen-bond acceptors (Lipinski definition) is 2. The lowest BCUT2D eigenvalue weighted by Crippen LogP contribution is -2.39. The first-order valence-corrected chi connectivity index (χ1v) is 6.34. The SMILES string of the molecule is CC=Cc1cccc(OC(C)(C)OC(C)(C)C)c1. The Morgan fingerprint density at radius 3 is 2.28 bits per heavy atom. The predicted octanol–water partition coefficient (Wildman–Crippen LogP) is 4.65. The molecule has 2 heteroatoms. The van der Waals surface area contributed by atoms with Gasteiger partial charge in [0.05, 0.1) is 5.60 Å². The van der Waals surface area contributed by atoms with E-state index in [0.717, 1.165) is 11.3 Å². The first kappa shape index (κ1) is 14.8. The third kappa shape index (κ3) is 5.37. The van der Waals surface area contributed by atoms with Crippen LogP contribution in [-0.4, -0.2) is 11.4 Å². The zero-order chi connectivity index (χ0) is 13.8. The first-order valence-electron chi connectivity index (χ1n) is 6.34. The van der Waals surface area contributed by atoms with E-state index in [4.69, 9.17) is 9.47 Å². The Balaban J connectivity index is 2.80. The van der Waals surface area contributed by atoms with Gasteiger partial charge in [0.2, 0.25) is 5.79 Å². The van der Waals surface area contributed by atoms with Crippen LogP contribution < -0.4 is 4.74 Å². The van der Waals surface area contributed by atoms with Crippen molar-refractivity contribution in [3.8, 4) is 5.75 Å². The molecular weight excluding hydrogens is 224 g/mol. The molecule has 0 aliphatic heterocycles. The minimum atomic E-state index is -0.646.